The van der Waals surface area contributed by atoms with Gasteiger partial charge in [-0.2, -0.15) is 0 Å². The van der Waals surface area contributed by atoms with Gasteiger partial charge in [-0.05, 0) is 25.3 Å². The summed E-state index contributed by atoms with van der Waals surface area (Å²) in [6.07, 6.45) is 5.47. The Labute approximate surface area is 60.1 Å². The van der Waals surface area contributed by atoms with Gasteiger partial charge in [0.25, 0.3) is 0 Å². The Morgan fingerprint density at radius 3 is 3.10 bits per heavy atom. The minimum atomic E-state index is 0.472. The SMILES string of the molecule is Oc1ccn2c1CCCC2. The fourth-order valence-electron chi connectivity index (χ4n) is 1.55. The smallest absolute Gasteiger partial charge is 0.136 e. The lowest BCUT2D eigenvalue weighted by Crippen LogP contribution is -2.08. The summed E-state index contributed by atoms with van der Waals surface area (Å²) >= 11 is 0. The van der Waals surface area contributed by atoms with Crippen molar-refractivity contribution in [3.8, 4) is 5.75 Å². The minimum absolute atomic E-state index is 0.472. The van der Waals surface area contributed by atoms with Crippen LogP contribution in [0.25, 0.3) is 0 Å². The van der Waals surface area contributed by atoms with Crippen molar-refractivity contribution in [3.05, 3.63) is 18.0 Å². The van der Waals surface area contributed by atoms with E-state index in [1.165, 1.54) is 12.8 Å². The number of aromatic nitrogens is 1. The van der Waals surface area contributed by atoms with Crippen LogP contribution in [0.15, 0.2) is 12.3 Å². The maximum atomic E-state index is 9.28. The predicted octanol–water partition coefficient (Wildman–Crippen LogP) is 1.53. The van der Waals surface area contributed by atoms with Crippen LogP contribution in [-0.2, 0) is 13.0 Å². The van der Waals surface area contributed by atoms with Crippen LogP contribution in [0.1, 0.15) is 18.5 Å². The van der Waals surface area contributed by atoms with E-state index in [4.69, 9.17) is 0 Å². The zero-order valence-corrected chi connectivity index (χ0v) is 5.88. The van der Waals surface area contributed by atoms with E-state index < -0.39 is 0 Å². The van der Waals surface area contributed by atoms with E-state index in [1.807, 2.05) is 6.20 Å². The van der Waals surface area contributed by atoms with Crippen molar-refractivity contribution < 1.29 is 5.11 Å². The Morgan fingerprint density at radius 1 is 1.40 bits per heavy atom. The lowest BCUT2D eigenvalue weighted by molar-refractivity contribution is 0.447. The van der Waals surface area contributed by atoms with Crippen molar-refractivity contribution in [1.82, 2.24) is 4.57 Å². The molecular weight excluding hydrogens is 126 g/mol. The first-order chi connectivity index (χ1) is 4.88. The molecule has 0 saturated heterocycles. The van der Waals surface area contributed by atoms with E-state index in [9.17, 15) is 5.11 Å². The molecule has 2 heterocycles. The van der Waals surface area contributed by atoms with Gasteiger partial charge in [0, 0.05) is 12.7 Å². The summed E-state index contributed by atoms with van der Waals surface area (Å²) in [7, 11) is 0. The molecule has 1 aromatic rings. The number of nitrogens with zero attached hydrogens (tertiary/aromatic N) is 1. The molecule has 1 aromatic heterocycles. The Hall–Kier alpha value is -0.920. The van der Waals surface area contributed by atoms with Gasteiger partial charge in [0.1, 0.15) is 5.75 Å². The van der Waals surface area contributed by atoms with Gasteiger partial charge in [-0.25, -0.2) is 0 Å². The van der Waals surface area contributed by atoms with Crippen LogP contribution in [-0.4, -0.2) is 9.67 Å². The molecule has 0 amide bonds. The number of hydrogen-bond acceptors (Lipinski definition) is 1. The number of aryl methyl sites for hydroxylation is 1. The molecule has 1 aliphatic heterocycles. The summed E-state index contributed by atoms with van der Waals surface area (Å²) in [6, 6.07) is 1.78. The number of aromatic hydroxyl groups is 1. The monoisotopic (exact) mass is 137 g/mol. The van der Waals surface area contributed by atoms with E-state index in [0.717, 1.165) is 18.7 Å². The molecule has 54 valence electrons. The lowest BCUT2D eigenvalue weighted by atomic mass is 10.1. The van der Waals surface area contributed by atoms with Gasteiger partial charge < -0.3 is 9.67 Å². The lowest BCUT2D eigenvalue weighted by Gasteiger charge is -2.14. The van der Waals surface area contributed by atoms with E-state index in [0.29, 0.717) is 5.75 Å². The molecule has 0 spiro atoms. The summed E-state index contributed by atoms with van der Waals surface area (Å²) < 4.78 is 2.14. The highest BCUT2D eigenvalue weighted by molar-refractivity contribution is 5.28. The highest BCUT2D eigenvalue weighted by atomic mass is 16.3. The molecule has 10 heavy (non-hydrogen) atoms. The predicted molar refractivity (Wildman–Crippen MR) is 39.0 cm³/mol. The summed E-state index contributed by atoms with van der Waals surface area (Å²) in [4.78, 5) is 0. The zero-order valence-electron chi connectivity index (χ0n) is 5.88. The number of hydrogen-bond donors (Lipinski definition) is 1. The molecular formula is C8H11NO. The summed E-state index contributed by atoms with van der Waals surface area (Å²) in [5.41, 5.74) is 1.12. The fourth-order valence-corrected chi connectivity index (χ4v) is 1.55. The average molecular weight is 137 g/mol. The Balaban J connectivity index is 2.45. The molecule has 2 heteroatoms. The van der Waals surface area contributed by atoms with Gasteiger partial charge in [0.15, 0.2) is 0 Å². The van der Waals surface area contributed by atoms with E-state index in [1.54, 1.807) is 6.07 Å². The first-order valence-corrected chi connectivity index (χ1v) is 3.75. The molecule has 0 aliphatic carbocycles. The molecule has 2 rings (SSSR count). The molecule has 0 aromatic carbocycles. The second-order valence-corrected chi connectivity index (χ2v) is 2.80. The zero-order chi connectivity index (χ0) is 6.97. The van der Waals surface area contributed by atoms with Crippen molar-refractivity contribution in [2.24, 2.45) is 0 Å². The molecule has 0 unspecified atom stereocenters. The highest BCUT2D eigenvalue weighted by Crippen LogP contribution is 2.24. The van der Waals surface area contributed by atoms with Crippen LogP contribution >= 0.6 is 0 Å². The Kier molecular flexibility index (Phi) is 1.19. The van der Waals surface area contributed by atoms with Gasteiger partial charge >= 0.3 is 0 Å². The minimum Gasteiger partial charge on any atom is -0.506 e. The molecule has 0 radical (unpaired) electrons. The maximum Gasteiger partial charge on any atom is 0.136 e. The van der Waals surface area contributed by atoms with Gasteiger partial charge in [0.05, 0.1) is 5.69 Å². The quantitative estimate of drug-likeness (QED) is 0.576. The van der Waals surface area contributed by atoms with Crippen molar-refractivity contribution in [2.45, 2.75) is 25.8 Å². The fraction of sp³-hybridized carbons (Fsp3) is 0.500. The van der Waals surface area contributed by atoms with Crippen LogP contribution in [0.4, 0.5) is 0 Å². The third-order valence-electron chi connectivity index (χ3n) is 2.12. The van der Waals surface area contributed by atoms with Gasteiger partial charge in [0.2, 0.25) is 0 Å². The van der Waals surface area contributed by atoms with Gasteiger partial charge in [-0.15, -0.1) is 0 Å². The van der Waals surface area contributed by atoms with Crippen LogP contribution in [0.2, 0.25) is 0 Å². The third-order valence-corrected chi connectivity index (χ3v) is 2.12. The Morgan fingerprint density at radius 2 is 2.30 bits per heavy atom. The van der Waals surface area contributed by atoms with E-state index >= 15 is 0 Å². The molecule has 0 fully saturated rings. The molecule has 0 bridgehead atoms. The van der Waals surface area contributed by atoms with Crippen LogP contribution in [0.5, 0.6) is 5.75 Å². The molecule has 0 saturated carbocycles. The second kappa shape index (κ2) is 2.04. The Bertz CT molecular complexity index is 239. The normalized spacial score (nSPS) is 16.8. The number of rotatable bonds is 0. The standard InChI is InChI=1S/C8H11NO/c10-8-4-6-9-5-2-1-3-7(8)9/h4,6,10H,1-3,5H2. The van der Waals surface area contributed by atoms with Crippen molar-refractivity contribution in [3.63, 3.8) is 0 Å². The maximum absolute atomic E-state index is 9.28. The van der Waals surface area contributed by atoms with Crippen LogP contribution in [0, 0.1) is 0 Å². The molecule has 1 aliphatic rings. The first kappa shape index (κ1) is 5.83. The van der Waals surface area contributed by atoms with Crippen molar-refractivity contribution in [2.75, 3.05) is 0 Å². The van der Waals surface area contributed by atoms with Crippen LogP contribution in [0.3, 0.4) is 0 Å². The number of fused-ring (bicyclic) bond motifs is 1. The summed E-state index contributed by atoms with van der Waals surface area (Å²) in [6.45, 7) is 1.08. The summed E-state index contributed by atoms with van der Waals surface area (Å²) in [5.74, 6) is 0.472. The van der Waals surface area contributed by atoms with E-state index in [-0.39, 0.29) is 0 Å². The van der Waals surface area contributed by atoms with Crippen LogP contribution < -0.4 is 0 Å². The first-order valence-electron chi connectivity index (χ1n) is 3.75. The third kappa shape index (κ3) is 0.719. The molecule has 2 nitrogen and oxygen atoms in total. The second-order valence-electron chi connectivity index (χ2n) is 2.80. The topological polar surface area (TPSA) is 25.2 Å². The molecule has 0 atom stereocenters. The average Bonchev–Trinajstić information content (AvgIpc) is 2.34. The van der Waals surface area contributed by atoms with Crippen molar-refractivity contribution >= 4 is 0 Å². The summed E-state index contributed by atoms with van der Waals surface area (Å²) in [5, 5.41) is 9.28. The molecule has 1 N–H and O–H groups in total. The van der Waals surface area contributed by atoms with Gasteiger partial charge in [-0.3, -0.25) is 0 Å². The van der Waals surface area contributed by atoms with E-state index in [2.05, 4.69) is 4.57 Å². The van der Waals surface area contributed by atoms with Gasteiger partial charge in [-0.1, -0.05) is 0 Å². The van der Waals surface area contributed by atoms with Crippen molar-refractivity contribution in [1.29, 1.82) is 0 Å². The largest absolute Gasteiger partial charge is 0.506 e. The highest BCUT2D eigenvalue weighted by Gasteiger charge is 2.11.